The highest BCUT2D eigenvalue weighted by atomic mass is 35.5. The maximum atomic E-state index is 13.3. The van der Waals surface area contributed by atoms with Gasteiger partial charge in [0, 0.05) is 18.1 Å². The van der Waals surface area contributed by atoms with Crippen LogP contribution in [0.1, 0.15) is 12.8 Å². The lowest BCUT2D eigenvalue weighted by Crippen LogP contribution is -2.51. The summed E-state index contributed by atoms with van der Waals surface area (Å²) in [7, 11) is -3.86. The molecule has 0 unspecified atom stereocenters. The topological polar surface area (TPSA) is 66.9 Å². The van der Waals surface area contributed by atoms with Crippen molar-refractivity contribution >= 4 is 33.2 Å². The molecule has 0 bridgehead atoms. The van der Waals surface area contributed by atoms with E-state index in [1.54, 1.807) is 29.2 Å². The first kappa shape index (κ1) is 18.1. The van der Waals surface area contributed by atoms with Gasteiger partial charge in [-0.15, -0.1) is 0 Å². The molecule has 0 saturated carbocycles. The van der Waals surface area contributed by atoms with Crippen LogP contribution in [0.15, 0.2) is 53.4 Å². The van der Waals surface area contributed by atoms with Gasteiger partial charge in [-0.2, -0.15) is 0 Å². The Morgan fingerprint density at radius 3 is 2.41 bits per heavy atom. The van der Waals surface area contributed by atoms with E-state index in [2.05, 4.69) is 0 Å². The predicted molar refractivity (Wildman–Crippen MR) is 103 cm³/mol. The van der Waals surface area contributed by atoms with Crippen LogP contribution in [-0.2, 0) is 14.8 Å². The molecular formula is C19H19ClN2O4S. The van der Waals surface area contributed by atoms with E-state index in [1.165, 1.54) is 28.6 Å². The Labute approximate surface area is 163 Å². The number of hydrogen-bond acceptors (Lipinski definition) is 4. The van der Waals surface area contributed by atoms with Gasteiger partial charge in [-0.25, -0.2) is 8.42 Å². The number of ether oxygens (including phenoxy) is 1. The second kappa shape index (κ2) is 7.05. The zero-order valence-corrected chi connectivity index (χ0v) is 16.1. The Hall–Kier alpha value is -2.25. The third-order valence-corrected chi connectivity index (χ3v) is 6.88. The number of nitrogens with zero attached hydrogens (tertiary/aromatic N) is 2. The highest BCUT2D eigenvalue weighted by Gasteiger charge is 2.39. The van der Waals surface area contributed by atoms with E-state index >= 15 is 0 Å². The van der Waals surface area contributed by atoms with Crippen molar-refractivity contribution < 1.29 is 17.9 Å². The van der Waals surface area contributed by atoms with Crippen molar-refractivity contribution in [1.82, 2.24) is 4.90 Å². The zero-order valence-electron chi connectivity index (χ0n) is 14.5. The first-order valence-electron chi connectivity index (χ1n) is 8.79. The van der Waals surface area contributed by atoms with E-state index < -0.39 is 16.1 Å². The molecule has 2 heterocycles. The Bertz CT molecular complexity index is 956. The monoisotopic (exact) mass is 406 g/mol. The molecular weight excluding hydrogens is 388 g/mol. The second-order valence-electron chi connectivity index (χ2n) is 6.60. The number of hydrogen-bond donors (Lipinski definition) is 0. The van der Waals surface area contributed by atoms with Crippen molar-refractivity contribution in [2.75, 3.05) is 23.9 Å². The van der Waals surface area contributed by atoms with E-state index in [9.17, 15) is 13.2 Å². The van der Waals surface area contributed by atoms with Crippen molar-refractivity contribution in [3.63, 3.8) is 0 Å². The number of sulfonamides is 1. The first-order chi connectivity index (χ1) is 13.0. The molecule has 0 radical (unpaired) electrons. The number of benzene rings is 2. The summed E-state index contributed by atoms with van der Waals surface area (Å²) in [5.41, 5.74) is 0.429. The van der Waals surface area contributed by atoms with Crippen molar-refractivity contribution in [3.05, 3.63) is 53.6 Å². The van der Waals surface area contributed by atoms with E-state index in [0.717, 1.165) is 12.8 Å². The van der Waals surface area contributed by atoms with Crippen LogP contribution in [0.2, 0.25) is 5.02 Å². The Balaban J connectivity index is 1.72. The lowest BCUT2D eigenvalue weighted by atomic mass is 10.2. The number of amides is 1. The Kier molecular flexibility index (Phi) is 4.74. The van der Waals surface area contributed by atoms with Gasteiger partial charge in [0.1, 0.15) is 5.75 Å². The molecule has 142 valence electrons. The zero-order chi connectivity index (χ0) is 19.0. The van der Waals surface area contributed by atoms with Crippen LogP contribution in [-0.4, -0.2) is 45.0 Å². The fourth-order valence-corrected chi connectivity index (χ4v) is 5.04. The molecule has 2 aromatic carbocycles. The molecule has 0 aromatic heterocycles. The lowest BCUT2D eigenvalue weighted by Gasteiger charge is -2.36. The Morgan fingerprint density at radius 2 is 1.70 bits per heavy atom. The highest BCUT2D eigenvalue weighted by molar-refractivity contribution is 7.92. The molecule has 2 aliphatic rings. The van der Waals surface area contributed by atoms with Gasteiger partial charge in [-0.05, 0) is 49.2 Å². The van der Waals surface area contributed by atoms with Gasteiger partial charge in [-0.3, -0.25) is 9.10 Å². The van der Waals surface area contributed by atoms with Gasteiger partial charge in [0.2, 0.25) is 0 Å². The minimum Gasteiger partial charge on any atom is -0.476 e. The smallest absolute Gasteiger partial charge is 0.265 e. The number of para-hydroxylation sites is 2. The summed E-state index contributed by atoms with van der Waals surface area (Å²) in [5, 5.41) is 0.457. The quantitative estimate of drug-likeness (QED) is 0.786. The molecule has 4 rings (SSSR count). The van der Waals surface area contributed by atoms with Crippen LogP contribution >= 0.6 is 11.6 Å². The minimum atomic E-state index is -3.86. The summed E-state index contributed by atoms with van der Waals surface area (Å²) >= 11 is 5.89. The summed E-state index contributed by atoms with van der Waals surface area (Å²) in [6, 6.07) is 12.9. The number of anilines is 1. The summed E-state index contributed by atoms with van der Waals surface area (Å²) in [6.45, 7) is 1.31. The van der Waals surface area contributed by atoms with Gasteiger partial charge >= 0.3 is 0 Å². The van der Waals surface area contributed by atoms with Crippen LogP contribution in [0.25, 0.3) is 0 Å². The van der Waals surface area contributed by atoms with E-state index in [-0.39, 0.29) is 17.3 Å². The van der Waals surface area contributed by atoms with Crippen LogP contribution < -0.4 is 9.04 Å². The van der Waals surface area contributed by atoms with Crippen molar-refractivity contribution in [3.8, 4) is 5.75 Å². The Morgan fingerprint density at radius 1 is 1.04 bits per heavy atom. The molecule has 2 aromatic rings. The summed E-state index contributed by atoms with van der Waals surface area (Å²) in [5.74, 6) is 0.220. The summed E-state index contributed by atoms with van der Waals surface area (Å²) < 4.78 is 33.6. The SMILES string of the molecule is O=C([C@@H]1CN(S(=O)(=O)c2ccc(Cl)cc2)c2ccccc2O1)N1CCCC1. The average molecular weight is 407 g/mol. The minimum absolute atomic E-state index is 0.0582. The maximum absolute atomic E-state index is 13.3. The maximum Gasteiger partial charge on any atom is 0.265 e. The fraction of sp³-hybridized carbons (Fsp3) is 0.316. The predicted octanol–water partition coefficient (Wildman–Crippen LogP) is 2.92. The van der Waals surface area contributed by atoms with Crippen LogP contribution in [0.4, 0.5) is 5.69 Å². The third kappa shape index (κ3) is 3.37. The average Bonchev–Trinajstić information content (AvgIpc) is 3.21. The molecule has 6 nitrogen and oxygen atoms in total. The van der Waals surface area contributed by atoms with Crippen LogP contribution in [0, 0.1) is 0 Å². The number of likely N-dealkylation sites (tertiary alicyclic amines) is 1. The number of carbonyl (C=O) groups excluding carboxylic acids is 1. The van der Waals surface area contributed by atoms with Gasteiger partial charge < -0.3 is 9.64 Å². The van der Waals surface area contributed by atoms with Gasteiger partial charge in [0.15, 0.2) is 6.10 Å². The third-order valence-electron chi connectivity index (χ3n) is 4.83. The molecule has 1 atom stereocenters. The molecule has 8 heteroatoms. The number of fused-ring (bicyclic) bond motifs is 1. The molecule has 0 N–H and O–H groups in total. The molecule has 0 aliphatic carbocycles. The van der Waals surface area contributed by atoms with Crippen LogP contribution in [0.3, 0.4) is 0 Å². The van der Waals surface area contributed by atoms with Gasteiger partial charge in [0.05, 0.1) is 17.1 Å². The second-order valence-corrected chi connectivity index (χ2v) is 8.90. The standard InChI is InChI=1S/C19H19ClN2O4S/c20-14-7-9-15(10-8-14)27(24,25)22-13-18(19(23)21-11-3-4-12-21)26-17-6-2-1-5-16(17)22/h1-2,5-10,18H,3-4,11-13H2/t18-/m0/s1. The van der Waals surface area contributed by atoms with Gasteiger partial charge in [-0.1, -0.05) is 23.7 Å². The molecule has 1 amide bonds. The molecule has 27 heavy (non-hydrogen) atoms. The van der Waals surface area contributed by atoms with Gasteiger partial charge in [0.25, 0.3) is 15.9 Å². The largest absolute Gasteiger partial charge is 0.476 e. The lowest BCUT2D eigenvalue weighted by molar-refractivity contribution is -0.137. The summed E-state index contributed by atoms with van der Waals surface area (Å²) in [4.78, 5) is 14.7. The number of carbonyl (C=O) groups is 1. The van der Waals surface area contributed by atoms with Crippen LogP contribution in [0.5, 0.6) is 5.75 Å². The normalized spacial score (nSPS) is 19.5. The first-order valence-corrected chi connectivity index (χ1v) is 10.6. The molecule has 1 fully saturated rings. The molecule has 2 aliphatic heterocycles. The van der Waals surface area contributed by atoms with Crippen molar-refractivity contribution in [2.45, 2.75) is 23.8 Å². The fourth-order valence-electron chi connectivity index (χ4n) is 3.43. The van der Waals surface area contributed by atoms with Crippen molar-refractivity contribution in [2.24, 2.45) is 0 Å². The number of halogens is 1. The van der Waals surface area contributed by atoms with Crippen molar-refractivity contribution in [1.29, 1.82) is 0 Å². The van der Waals surface area contributed by atoms with E-state index in [0.29, 0.717) is 29.5 Å². The molecule has 0 spiro atoms. The highest BCUT2D eigenvalue weighted by Crippen LogP contribution is 2.37. The van der Waals surface area contributed by atoms with E-state index in [1.807, 2.05) is 0 Å². The summed E-state index contributed by atoms with van der Waals surface area (Å²) in [6.07, 6.45) is 1.06. The number of rotatable bonds is 3. The molecule has 1 saturated heterocycles. The van der Waals surface area contributed by atoms with E-state index in [4.69, 9.17) is 16.3 Å².